The van der Waals surface area contributed by atoms with Gasteiger partial charge in [0, 0.05) is 12.8 Å². The van der Waals surface area contributed by atoms with Crippen molar-refractivity contribution in [3.05, 3.63) is 0 Å². The van der Waals surface area contributed by atoms with Gasteiger partial charge in [-0.25, -0.2) is 0 Å². The first-order chi connectivity index (χ1) is 9.42. The number of carboxylic acids is 1. The molecule has 0 unspecified atom stereocenters. The van der Waals surface area contributed by atoms with E-state index in [1.807, 2.05) is 0 Å². The molecule has 0 aliphatic heterocycles. The summed E-state index contributed by atoms with van der Waals surface area (Å²) in [4.78, 5) is 9.97. The minimum Gasteiger partial charge on any atom is -0.481 e. The Morgan fingerprint density at radius 2 is 1.14 bits per heavy atom. The third kappa shape index (κ3) is 3.37. The monoisotopic (exact) mass is 356 g/mol. The number of aliphatic carboxylic acids is 1. The number of hydrogen-bond donors (Lipinski definition) is 1. The van der Waals surface area contributed by atoms with Crippen LogP contribution in [-0.4, -0.2) is 40.9 Å². The average molecular weight is 356 g/mol. The van der Waals surface area contributed by atoms with Gasteiger partial charge >= 0.3 is 35.8 Å². The molecule has 0 saturated heterocycles. The number of rotatable bonds is 7. The fourth-order valence-corrected chi connectivity index (χ4v) is 1.22. The Labute approximate surface area is 114 Å². The summed E-state index contributed by atoms with van der Waals surface area (Å²) in [6.07, 6.45) is -12.1. The van der Waals surface area contributed by atoms with Crippen molar-refractivity contribution in [3.8, 4) is 0 Å². The van der Waals surface area contributed by atoms with Crippen LogP contribution in [0.25, 0.3) is 0 Å². The smallest absolute Gasteiger partial charge is 0.460 e. The summed E-state index contributed by atoms with van der Waals surface area (Å²) in [7, 11) is 0. The predicted octanol–water partition coefficient (Wildman–Crippen LogP) is 4.34. The van der Waals surface area contributed by atoms with Gasteiger partial charge in [-0.05, 0) is 6.42 Å². The van der Waals surface area contributed by atoms with Gasteiger partial charge in [-0.2, -0.15) is 48.3 Å². The Balaban J connectivity index is 5.54. The van der Waals surface area contributed by atoms with Crippen molar-refractivity contribution in [1.82, 2.24) is 0 Å². The maximum Gasteiger partial charge on any atom is 0.460 e. The molecule has 0 rings (SSSR count). The molecule has 22 heavy (non-hydrogen) atoms. The molecule has 1 N–H and O–H groups in total. The zero-order chi connectivity index (χ0) is 18.2. The maximum atomic E-state index is 12.9. The lowest BCUT2D eigenvalue weighted by atomic mass is 9.95. The van der Waals surface area contributed by atoms with Gasteiger partial charge in [-0.3, -0.25) is 4.79 Å². The summed E-state index contributed by atoms with van der Waals surface area (Å²) in [5.74, 6) is -29.7. The molecule has 0 aliphatic carbocycles. The molecule has 0 aromatic heterocycles. The van der Waals surface area contributed by atoms with E-state index in [0.717, 1.165) is 0 Å². The number of alkyl halides is 11. The fraction of sp³-hybridized carbons (Fsp3) is 0.889. The lowest BCUT2D eigenvalue weighted by molar-refractivity contribution is -0.422. The number of carbonyl (C=O) groups is 1. The van der Waals surface area contributed by atoms with Crippen LogP contribution in [0.3, 0.4) is 0 Å². The first kappa shape index (κ1) is 20.7. The van der Waals surface area contributed by atoms with Crippen molar-refractivity contribution < 1.29 is 58.2 Å². The highest BCUT2D eigenvalue weighted by molar-refractivity contribution is 5.66. The summed E-state index contributed by atoms with van der Waals surface area (Å²) >= 11 is 0. The van der Waals surface area contributed by atoms with Gasteiger partial charge in [0.15, 0.2) is 0 Å². The van der Waals surface area contributed by atoms with E-state index in [4.69, 9.17) is 5.11 Å². The summed E-state index contributed by atoms with van der Waals surface area (Å²) in [5, 5.41) is 8.06. The molecular formula is C9H7F11O2. The van der Waals surface area contributed by atoms with E-state index in [1.165, 1.54) is 0 Å². The molecule has 0 aromatic rings. The minimum atomic E-state index is -7.44. The van der Waals surface area contributed by atoms with Crippen molar-refractivity contribution in [2.45, 2.75) is 49.1 Å². The molecule has 0 saturated carbocycles. The van der Waals surface area contributed by atoms with Crippen LogP contribution in [0.15, 0.2) is 0 Å². The van der Waals surface area contributed by atoms with Crippen molar-refractivity contribution in [3.63, 3.8) is 0 Å². The van der Waals surface area contributed by atoms with Crippen molar-refractivity contribution in [1.29, 1.82) is 0 Å². The van der Waals surface area contributed by atoms with E-state index in [-0.39, 0.29) is 0 Å². The van der Waals surface area contributed by atoms with Gasteiger partial charge in [-0.15, -0.1) is 0 Å². The highest BCUT2D eigenvalue weighted by Gasteiger charge is 2.86. The molecule has 0 aliphatic rings. The number of hydrogen-bond acceptors (Lipinski definition) is 1. The van der Waals surface area contributed by atoms with Crippen molar-refractivity contribution >= 4 is 5.97 Å². The van der Waals surface area contributed by atoms with E-state index < -0.39 is 55.1 Å². The van der Waals surface area contributed by atoms with Crippen LogP contribution in [-0.2, 0) is 4.79 Å². The normalized spacial score (nSPS) is 15.0. The lowest BCUT2D eigenvalue weighted by Gasteiger charge is -2.37. The van der Waals surface area contributed by atoms with Gasteiger partial charge in [0.2, 0.25) is 0 Å². The number of halogens is 11. The quantitative estimate of drug-likeness (QED) is 0.689. The molecule has 0 atom stereocenters. The Morgan fingerprint density at radius 1 is 0.727 bits per heavy atom. The zero-order valence-electron chi connectivity index (χ0n) is 10.1. The van der Waals surface area contributed by atoms with E-state index in [1.54, 1.807) is 0 Å². The van der Waals surface area contributed by atoms with E-state index >= 15 is 0 Å². The molecule has 2 nitrogen and oxygen atoms in total. The Bertz CT molecular complexity index is 412. The third-order valence-corrected chi connectivity index (χ3v) is 2.49. The second-order valence-electron chi connectivity index (χ2n) is 4.17. The maximum absolute atomic E-state index is 12.9. The molecule has 0 fully saturated rings. The Hall–Kier alpha value is -1.30. The summed E-state index contributed by atoms with van der Waals surface area (Å²) in [6.45, 7) is 0. The molecular weight excluding hydrogens is 349 g/mol. The van der Waals surface area contributed by atoms with Crippen LogP contribution in [0.4, 0.5) is 48.3 Å². The zero-order valence-corrected chi connectivity index (χ0v) is 10.1. The van der Waals surface area contributed by atoms with Gasteiger partial charge < -0.3 is 5.11 Å². The highest BCUT2D eigenvalue weighted by atomic mass is 19.4. The van der Waals surface area contributed by atoms with Crippen LogP contribution in [0.1, 0.15) is 19.3 Å². The predicted molar refractivity (Wildman–Crippen MR) is 47.3 cm³/mol. The molecule has 0 aromatic carbocycles. The number of carboxylic acid groups (broad SMARTS) is 1. The van der Waals surface area contributed by atoms with E-state index in [0.29, 0.717) is 0 Å². The summed E-state index contributed by atoms with van der Waals surface area (Å²) < 4.78 is 137. The second kappa shape index (κ2) is 5.72. The van der Waals surface area contributed by atoms with Crippen LogP contribution in [0.5, 0.6) is 0 Å². The minimum absolute atomic E-state index is 1.20. The van der Waals surface area contributed by atoms with Crippen LogP contribution >= 0.6 is 0 Å². The van der Waals surface area contributed by atoms with Crippen molar-refractivity contribution in [2.24, 2.45) is 0 Å². The van der Waals surface area contributed by atoms with Gasteiger partial charge in [0.25, 0.3) is 0 Å². The summed E-state index contributed by atoms with van der Waals surface area (Å²) in [5.41, 5.74) is 0. The van der Waals surface area contributed by atoms with Crippen molar-refractivity contribution in [2.75, 3.05) is 0 Å². The topological polar surface area (TPSA) is 37.3 Å². The largest absolute Gasteiger partial charge is 0.481 e. The lowest BCUT2D eigenvalue weighted by Crippen LogP contribution is -2.66. The third-order valence-electron chi connectivity index (χ3n) is 2.49. The Kier molecular flexibility index (Phi) is 5.38. The highest BCUT2D eigenvalue weighted by Crippen LogP contribution is 2.58. The van der Waals surface area contributed by atoms with Crippen LogP contribution < -0.4 is 0 Å². The van der Waals surface area contributed by atoms with Gasteiger partial charge in [0.1, 0.15) is 0 Å². The van der Waals surface area contributed by atoms with E-state index in [2.05, 4.69) is 0 Å². The molecule has 132 valence electrons. The van der Waals surface area contributed by atoms with Gasteiger partial charge in [0.05, 0.1) is 0 Å². The molecule has 0 amide bonds. The molecule has 0 radical (unpaired) electrons. The van der Waals surface area contributed by atoms with Gasteiger partial charge in [-0.1, -0.05) is 0 Å². The molecule has 0 bridgehead atoms. The average Bonchev–Trinajstić information content (AvgIpc) is 2.25. The standard InChI is InChI=1S/C9H7F11O2/c10-5(11,3-1-2-4(21)22)6(12,13)7(14,15)8(16,17)9(18,19)20/h1-3H2,(H,21,22). The molecule has 13 heteroatoms. The first-order valence-corrected chi connectivity index (χ1v) is 5.21. The SMILES string of the molecule is O=C(O)CCCC(F)(F)C(F)(F)C(F)(F)C(F)(F)C(F)(F)F. The fourth-order valence-electron chi connectivity index (χ4n) is 1.22. The Morgan fingerprint density at radius 3 is 1.45 bits per heavy atom. The summed E-state index contributed by atoms with van der Waals surface area (Å²) in [6, 6.07) is 0. The first-order valence-electron chi connectivity index (χ1n) is 5.21. The molecule has 0 spiro atoms. The van der Waals surface area contributed by atoms with Crippen LogP contribution in [0, 0.1) is 0 Å². The van der Waals surface area contributed by atoms with E-state index in [9.17, 15) is 53.1 Å². The molecule has 0 heterocycles. The second-order valence-corrected chi connectivity index (χ2v) is 4.17. The van der Waals surface area contributed by atoms with Crippen LogP contribution in [0.2, 0.25) is 0 Å².